The second-order valence-corrected chi connectivity index (χ2v) is 7.10. The quantitative estimate of drug-likeness (QED) is 0.684. The largest absolute Gasteiger partial charge is 0.486 e. The van der Waals surface area contributed by atoms with Gasteiger partial charge in [-0.1, -0.05) is 15.9 Å². The van der Waals surface area contributed by atoms with E-state index in [2.05, 4.69) is 15.9 Å². The van der Waals surface area contributed by atoms with E-state index in [0.29, 0.717) is 29.4 Å². The second kappa shape index (κ2) is 7.17. The van der Waals surface area contributed by atoms with E-state index in [-0.39, 0.29) is 30.7 Å². The molecule has 0 unspecified atom stereocenters. The van der Waals surface area contributed by atoms with Crippen LogP contribution in [0.4, 0.5) is 0 Å². The van der Waals surface area contributed by atoms with E-state index < -0.39 is 0 Å². The minimum absolute atomic E-state index is 0.0288. The summed E-state index contributed by atoms with van der Waals surface area (Å²) in [6, 6.07) is 8.67. The molecule has 27 heavy (non-hydrogen) atoms. The van der Waals surface area contributed by atoms with Crippen LogP contribution in [0.3, 0.4) is 0 Å². The van der Waals surface area contributed by atoms with E-state index in [4.69, 9.17) is 18.9 Å². The first-order valence-electron chi connectivity index (χ1n) is 8.25. The number of halogens is 1. The molecule has 138 valence electrons. The molecule has 0 fully saturated rings. The maximum atomic E-state index is 12.7. The van der Waals surface area contributed by atoms with Gasteiger partial charge in [-0.3, -0.25) is 9.59 Å². The zero-order chi connectivity index (χ0) is 19.0. The highest BCUT2D eigenvalue weighted by Crippen LogP contribution is 2.38. The summed E-state index contributed by atoms with van der Waals surface area (Å²) in [7, 11) is 0. The monoisotopic (exact) mass is 430 g/mol. The predicted molar refractivity (Wildman–Crippen MR) is 100.0 cm³/mol. The van der Waals surface area contributed by atoms with Crippen molar-refractivity contribution >= 4 is 33.6 Å². The summed E-state index contributed by atoms with van der Waals surface area (Å²) in [6.45, 7) is 2.02. The molecule has 2 aromatic rings. The van der Waals surface area contributed by atoms with Crippen molar-refractivity contribution in [1.82, 2.24) is 0 Å². The molecule has 6 nitrogen and oxygen atoms in total. The third-order valence-electron chi connectivity index (χ3n) is 4.07. The number of Topliss-reactive ketones (excluding diaryl/α,β-unsaturated/α-hetero) is 2. The predicted octanol–water partition coefficient (Wildman–Crippen LogP) is 3.90. The van der Waals surface area contributed by atoms with Gasteiger partial charge in [-0.15, -0.1) is 0 Å². The van der Waals surface area contributed by atoms with E-state index in [1.54, 1.807) is 24.3 Å². The van der Waals surface area contributed by atoms with Crippen LogP contribution in [0.1, 0.15) is 28.4 Å². The number of hydrogen-bond acceptors (Lipinski definition) is 6. The minimum Gasteiger partial charge on any atom is -0.486 e. The van der Waals surface area contributed by atoms with Gasteiger partial charge in [0.25, 0.3) is 0 Å². The number of rotatable bonds is 4. The van der Waals surface area contributed by atoms with Crippen LogP contribution < -0.4 is 14.2 Å². The number of ether oxygens (including phenoxy) is 4. The van der Waals surface area contributed by atoms with E-state index in [0.717, 1.165) is 15.6 Å². The fraction of sp³-hybridized carbons (Fsp3) is 0.200. The van der Waals surface area contributed by atoms with Crippen molar-refractivity contribution in [2.75, 3.05) is 13.4 Å². The Hall–Kier alpha value is -2.64. The van der Waals surface area contributed by atoms with Crippen molar-refractivity contribution in [3.05, 3.63) is 57.3 Å². The van der Waals surface area contributed by atoms with Crippen LogP contribution in [-0.4, -0.2) is 25.0 Å². The fourth-order valence-electron chi connectivity index (χ4n) is 2.90. The molecule has 0 amide bonds. The molecule has 0 spiro atoms. The number of ketones is 2. The third kappa shape index (κ3) is 3.61. The highest BCUT2D eigenvalue weighted by molar-refractivity contribution is 9.10. The van der Waals surface area contributed by atoms with Crippen LogP contribution in [0.15, 0.2) is 40.6 Å². The van der Waals surface area contributed by atoms with Crippen LogP contribution >= 0.6 is 15.9 Å². The lowest BCUT2D eigenvalue weighted by atomic mass is 10.1. The number of fused-ring (bicyclic) bond motifs is 2. The van der Waals surface area contributed by atoms with E-state index in [1.165, 1.54) is 6.92 Å². The smallest absolute Gasteiger partial charge is 0.231 e. The lowest BCUT2D eigenvalue weighted by Crippen LogP contribution is -2.12. The molecule has 0 N–H and O–H groups in total. The normalized spacial score (nSPS) is 16.4. The number of benzene rings is 2. The Labute approximate surface area is 163 Å². The summed E-state index contributed by atoms with van der Waals surface area (Å²) >= 11 is 3.46. The zero-order valence-electron chi connectivity index (χ0n) is 14.4. The maximum absolute atomic E-state index is 12.7. The Morgan fingerprint density at radius 1 is 1.30 bits per heavy atom. The van der Waals surface area contributed by atoms with Crippen LogP contribution in [0.5, 0.6) is 17.2 Å². The SMILES string of the molecule is CC(=O)COc1ccc2c(c1)O/C(=C\c1cc(Br)cc3c1OCOC3)C2=O. The third-order valence-corrected chi connectivity index (χ3v) is 4.53. The van der Waals surface area contributed by atoms with E-state index in [1.807, 2.05) is 12.1 Å². The van der Waals surface area contributed by atoms with Crippen molar-refractivity contribution in [2.45, 2.75) is 13.5 Å². The number of carbonyl (C=O) groups is 2. The van der Waals surface area contributed by atoms with Gasteiger partial charge < -0.3 is 18.9 Å². The Kier molecular flexibility index (Phi) is 4.72. The molecule has 7 heteroatoms. The molecule has 0 bridgehead atoms. The Morgan fingerprint density at radius 3 is 2.96 bits per heavy atom. The van der Waals surface area contributed by atoms with Gasteiger partial charge in [-0.25, -0.2) is 0 Å². The Balaban J connectivity index is 1.65. The summed E-state index contributed by atoms with van der Waals surface area (Å²) in [5.41, 5.74) is 2.07. The minimum atomic E-state index is -0.219. The van der Waals surface area contributed by atoms with Gasteiger partial charge in [0, 0.05) is 21.7 Å². The summed E-state index contributed by atoms with van der Waals surface area (Å²) in [5, 5.41) is 0. The van der Waals surface area contributed by atoms with Crippen LogP contribution in [0.2, 0.25) is 0 Å². The summed E-state index contributed by atoms with van der Waals surface area (Å²) in [5.74, 6) is 1.44. The average molecular weight is 431 g/mol. The van der Waals surface area contributed by atoms with Crippen molar-refractivity contribution in [3.8, 4) is 17.2 Å². The first-order chi connectivity index (χ1) is 13.0. The molecule has 0 saturated carbocycles. The number of hydrogen-bond donors (Lipinski definition) is 0. The van der Waals surface area contributed by atoms with Crippen LogP contribution in [0, 0.1) is 0 Å². The van der Waals surface area contributed by atoms with Crippen LogP contribution in [0.25, 0.3) is 6.08 Å². The van der Waals surface area contributed by atoms with Crippen molar-refractivity contribution < 1.29 is 28.5 Å². The molecule has 0 radical (unpaired) electrons. The van der Waals surface area contributed by atoms with E-state index in [9.17, 15) is 9.59 Å². The van der Waals surface area contributed by atoms with Crippen molar-refractivity contribution in [2.24, 2.45) is 0 Å². The highest BCUT2D eigenvalue weighted by Gasteiger charge is 2.28. The number of allylic oxidation sites excluding steroid dienone is 1. The number of carbonyl (C=O) groups excluding carboxylic acids is 2. The first-order valence-corrected chi connectivity index (χ1v) is 9.04. The topological polar surface area (TPSA) is 71.1 Å². The zero-order valence-corrected chi connectivity index (χ0v) is 16.0. The lowest BCUT2D eigenvalue weighted by molar-refractivity contribution is -0.118. The summed E-state index contributed by atoms with van der Waals surface area (Å²) in [6.07, 6.45) is 1.66. The molecule has 0 aromatic heterocycles. The fourth-order valence-corrected chi connectivity index (χ4v) is 3.42. The van der Waals surface area contributed by atoms with Gasteiger partial charge in [0.2, 0.25) is 5.78 Å². The first kappa shape index (κ1) is 17.8. The van der Waals surface area contributed by atoms with Gasteiger partial charge >= 0.3 is 0 Å². The molecule has 0 atom stereocenters. The van der Waals surface area contributed by atoms with Gasteiger partial charge in [0.05, 0.1) is 12.2 Å². The van der Waals surface area contributed by atoms with Crippen LogP contribution in [-0.2, 0) is 16.1 Å². The standard InChI is InChI=1S/C20H15BrO6/c1-11(22)8-25-15-2-3-16-17(7-15)27-18(19(16)23)6-12-4-14(21)5-13-9-24-10-26-20(12)13/h2-7H,8-10H2,1H3/b18-6-. The average Bonchev–Trinajstić information content (AvgIpc) is 2.95. The maximum Gasteiger partial charge on any atom is 0.231 e. The van der Waals surface area contributed by atoms with Gasteiger partial charge in [0.1, 0.15) is 23.9 Å². The summed E-state index contributed by atoms with van der Waals surface area (Å²) < 4.78 is 22.9. The highest BCUT2D eigenvalue weighted by atomic mass is 79.9. The molecule has 2 heterocycles. The van der Waals surface area contributed by atoms with Crippen molar-refractivity contribution in [1.29, 1.82) is 0 Å². The van der Waals surface area contributed by atoms with Gasteiger partial charge in [-0.05, 0) is 37.3 Å². The molecule has 2 aliphatic rings. The lowest BCUT2D eigenvalue weighted by Gasteiger charge is -2.20. The Bertz CT molecular complexity index is 979. The molecular weight excluding hydrogens is 416 g/mol. The summed E-state index contributed by atoms with van der Waals surface area (Å²) in [4.78, 5) is 23.7. The van der Waals surface area contributed by atoms with E-state index >= 15 is 0 Å². The molecule has 2 aromatic carbocycles. The van der Waals surface area contributed by atoms with Crippen molar-refractivity contribution in [3.63, 3.8) is 0 Å². The molecule has 2 aliphatic heterocycles. The molecule has 0 aliphatic carbocycles. The Morgan fingerprint density at radius 2 is 2.15 bits per heavy atom. The van der Waals surface area contributed by atoms with Gasteiger partial charge in [-0.2, -0.15) is 0 Å². The molecule has 4 rings (SSSR count). The molecular formula is C20H15BrO6. The van der Waals surface area contributed by atoms with Gasteiger partial charge in [0.15, 0.2) is 18.3 Å². The molecule has 0 saturated heterocycles. The second-order valence-electron chi connectivity index (χ2n) is 6.18.